The van der Waals surface area contributed by atoms with E-state index in [9.17, 15) is 0 Å². The maximum atomic E-state index is 4.18. The number of aromatic amines is 1. The van der Waals surface area contributed by atoms with Crippen LogP contribution in [0.25, 0.3) is 0 Å². The summed E-state index contributed by atoms with van der Waals surface area (Å²) in [6, 6.07) is 0. The van der Waals surface area contributed by atoms with Crippen molar-refractivity contribution < 1.29 is 0 Å². The summed E-state index contributed by atoms with van der Waals surface area (Å²) < 4.78 is 0. The van der Waals surface area contributed by atoms with E-state index in [4.69, 9.17) is 0 Å². The predicted octanol–water partition coefficient (Wildman–Crippen LogP) is 1.75. The Kier molecular flexibility index (Phi) is 1.46. The van der Waals surface area contributed by atoms with Crippen LogP contribution in [0, 0.1) is 5.92 Å². The maximum absolute atomic E-state index is 4.18. The Morgan fingerprint density at radius 3 is 3.00 bits per heavy atom. The molecule has 1 heterocycles. The average molecular weight is 136 g/mol. The number of hydrogen-bond acceptors (Lipinski definition) is 1. The maximum Gasteiger partial charge on any atom is 0.106 e. The SMILES string of the molecule is c1c[nH]c(CC2CCC2)n1. The molecule has 2 heteroatoms. The average Bonchev–Trinajstić information content (AvgIpc) is 2.29. The molecule has 1 N–H and O–H groups in total. The van der Waals surface area contributed by atoms with Crippen LogP contribution in [0.4, 0.5) is 0 Å². The molecule has 0 atom stereocenters. The fraction of sp³-hybridized carbons (Fsp3) is 0.625. The van der Waals surface area contributed by atoms with Gasteiger partial charge in [-0.25, -0.2) is 4.98 Å². The zero-order valence-electron chi connectivity index (χ0n) is 6.01. The lowest BCUT2D eigenvalue weighted by atomic mass is 9.83. The Morgan fingerprint density at radius 2 is 2.50 bits per heavy atom. The summed E-state index contributed by atoms with van der Waals surface area (Å²) in [4.78, 5) is 7.31. The van der Waals surface area contributed by atoms with Crippen LogP contribution in [0.15, 0.2) is 12.4 Å². The van der Waals surface area contributed by atoms with Crippen molar-refractivity contribution in [1.82, 2.24) is 9.97 Å². The highest BCUT2D eigenvalue weighted by Gasteiger charge is 2.18. The number of nitrogens with zero attached hydrogens (tertiary/aromatic N) is 1. The van der Waals surface area contributed by atoms with Gasteiger partial charge < -0.3 is 4.98 Å². The lowest BCUT2D eigenvalue weighted by molar-refractivity contribution is 0.310. The molecule has 1 aliphatic rings. The van der Waals surface area contributed by atoms with Gasteiger partial charge in [0.1, 0.15) is 5.82 Å². The molecule has 1 fully saturated rings. The highest BCUT2D eigenvalue weighted by atomic mass is 14.9. The van der Waals surface area contributed by atoms with E-state index in [0.717, 1.165) is 18.2 Å². The van der Waals surface area contributed by atoms with Crippen LogP contribution >= 0.6 is 0 Å². The van der Waals surface area contributed by atoms with Gasteiger partial charge in [-0.3, -0.25) is 0 Å². The van der Waals surface area contributed by atoms with E-state index >= 15 is 0 Å². The molecule has 0 radical (unpaired) electrons. The summed E-state index contributed by atoms with van der Waals surface area (Å²) >= 11 is 0. The Hall–Kier alpha value is -0.790. The van der Waals surface area contributed by atoms with E-state index in [1.165, 1.54) is 19.3 Å². The number of hydrogen-bond donors (Lipinski definition) is 1. The molecule has 0 aromatic carbocycles. The minimum Gasteiger partial charge on any atom is -0.349 e. The first kappa shape index (κ1) is 5.96. The summed E-state index contributed by atoms with van der Waals surface area (Å²) in [5, 5.41) is 0. The third kappa shape index (κ3) is 1.06. The van der Waals surface area contributed by atoms with E-state index in [2.05, 4.69) is 9.97 Å². The van der Waals surface area contributed by atoms with Crippen molar-refractivity contribution in [3.63, 3.8) is 0 Å². The smallest absolute Gasteiger partial charge is 0.106 e. The van der Waals surface area contributed by atoms with E-state index in [-0.39, 0.29) is 0 Å². The molecule has 0 aliphatic heterocycles. The van der Waals surface area contributed by atoms with Gasteiger partial charge in [0, 0.05) is 18.8 Å². The first-order valence-electron chi connectivity index (χ1n) is 3.93. The van der Waals surface area contributed by atoms with Crippen molar-refractivity contribution in [2.24, 2.45) is 5.92 Å². The van der Waals surface area contributed by atoms with Crippen LogP contribution in [-0.2, 0) is 6.42 Å². The van der Waals surface area contributed by atoms with Gasteiger partial charge in [-0.15, -0.1) is 0 Å². The highest BCUT2D eigenvalue weighted by Crippen LogP contribution is 2.28. The van der Waals surface area contributed by atoms with E-state index in [0.29, 0.717) is 0 Å². The normalized spacial score (nSPS) is 18.8. The number of nitrogens with one attached hydrogen (secondary N) is 1. The molecule has 0 saturated heterocycles. The Bertz CT molecular complexity index is 187. The summed E-state index contributed by atoms with van der Waals surface area (Å²) in [6.07, 6.45) is 9.11. The van der Waals surface area contributed by atoms with E-state index in [1.54, 1.807) is 0 Å². The van der Waals surface area contributed by atoms with Gasteiger partial charge in [0.05, 0.1) is 0 Å². The zero-order chi connectivity index (χ0) is 6.81. The molecule has 1 saturated carbocycles. The second-order valence-corrected chi connectivity index (χ2v) is 3.04. The second-order valence-electron chi connectivity index (χ2n) is 3.04. The minimum absolute atomic E-state index is 0.922. The number of rotatable bonds is 2. The third-order valence-electron chi connectivity index (χ3n) is 2.26. The van der Waals surface area contributed by atoms with Crippen LogP contribution in [0.2, 0.25) is 0 Å². The summed E-state index contributed by atoms with van der Waals surface area (Å²) in [5.74, 6) is 2.08. The largest absolute Gasteiger partial charge is 0.349 e. The van der Waals surface area contributed by atoms with E-state index < -0.39 is 0 Å². The van der Waals surface area contributed by atoms with Gasteiger partial charge in [-0.05, 0) is 5.92 Å². The molecule has 54 valence electrons. The van der Waals surface area contributed by atoms with Crippen LogP contribution < -0.4 is 0 Å². The molecular weight excluding hydrogens is 124 g/mol. The molecule has 0 bridgehead atoms. The van der Waals surface area contributed by atoms with Gasteiger partial charge in [0.15, 0.2) is 0 Å². The van der Waals surface area contributed by atoms with Crippen LogP contribution in [-0.4, -0.2) is 9.97 Å². The molecule has 0 spiro atoms. The van der Waals surface area contributed by atoms with Crippen LogP contribution in [0.1, 0.15) is 25.1 Å². The van der Waals surface area contributed by atoms with Gasteiger partial charge in [-0.1, -0.05) is 19.3 Å². The van der Waals surface area contributed by atoms with E-state index in [1.807, 2.05) is 12.4 Å². The van der Waals surface area contributed by atoms with Crippen molar-refractivity contribution in [2.75, 3.05) is 0 Å². The highest BCUT2D eigenvalue weighted by molar-refractivity contribution is 4.90. The third-order valence-corrected chi connectivity index (χ3v) is 2.26. The minimum atomic E-state index is 0.922. The van der Waals surface area contributed by atoms with Crippen molar-refractivity contribution in [1.29, 1.82) is 0 Å². The molecule has 2 nitrogen and oxygen atoms in total. The van der Waals surface area contributed by atoms with Crippen molar-refractivity contribution >= 4 is 0 Å². The van der Waals surface area contributed by atoms with Crippen molar-refractivity contribution in [3.8, 4) is 0 Å². The molecule has 0 amide bonds. The Labute approximate surface area is 60.7 Å². The summed E-state index contributed by atoms with van der Waals surface area (Å²) in [6.45, 7) is 0. The Balaban J connectivity index is 1.90. The predicted molar refractivity (Wildman–Crippen MR) is 39.6 cm³/mol. The van der Waals surface area contributed by atoms with Gasteiger partial charge in [0.2, 0.25) is 0 Å². The fourth-order valence-corrected chi connectivity index (χ4v) is 1.38. The lowest BCUT2D eigenvalue weighted by Crippen LogP contribution is -2.14. The van der Waals surface area contributed by atoms with Gasteiger partial charge in [0.25, 0.3) is 0 Å². The number of aromatic nitrogens is 2. The molecule has 10 heavy (non-hydrogen) atoms. The van der Waals surface area contributed by atoms with Crippen LogP contribution in [0.5, 0.6) is 0 Å². The second kappa shape index (κ2) is 2.45. The quantitative estimate of drug-likeness (QED) is 0.659. The monoisotopic (exact) mass is 136 g/mol. The molecule has 1 aliphatic carbocycles. The lowest BCUT2D eigenvalue weighted by Gasteiger charge is -2.23. The fourth-order valence-electron chi connectivity index (χ4n) is 1.38. The topological polar surface area (TPSA) is 28.7 Å². The first-order chi connectivity index (χ1) is 4.95. The number of imidazole rings is 1. The summed E-state index contributed by atoms with van der Waals surface area (Å²) in [7, 11) is 0. The Morgan fingerprint density at radius 1 is 1.60 bits per heavy atom. The first-order valence-corrected chi connectivity index (χ1v) is 3.93. The van der Waals surface area contributed by atoms with Crippen molar-refractivity contribution in [3.05, 3.63) is 18.2 Å². The molecule has 2 rings (SSSR count). The standard InChI is InChI=1S/C8H12N2/c1-2-7(3-1)6-8-9-4-5-10-8/h4-5,7H,1-3,6H2,(H,9,10). The molecule has 0 unspecified atom stereocenters. The van der Waals surface area contributed by atoms with Gasteiger partial charge in [-0.2, -0.15) is 0 Å². The zero-order valence-corrected chi connectivity index (χ0v) is 6.01. The van der Waals surface area contributed by atoms with Crippen LogP contribution in [0.3, 0.4) is 0 Å². The molecule has 1 aromatic heterocycles. The summed E-state index contributed by atoms with van der Waals surface area (Å²) in [5.41, 5.74) is 0. The molecule has 1 aromatic rings. The number of H-pyrrole nitrogens is 1. The molecular formula is C8H12N2. The van der Waals surface area contributed by atoms with Gasteiger partial charge >= 0.3 is 0 Å². The van der Waals surface area contributed by atoms with Crippen molar-refractivity contribution in [2.45, 2.75) is 25.7 Å².